The van der Waals surface area contributed by atoms with Gasteiger partial charge in [-0.05, 0) is 58.8 Å². The van der Waals surface area contributed by atoms with Crippen LogP contribution in [-0.4, -0.2) is 25.7 Å². The Balaban J connectivity index is 2.25. The highest BCUT2D eigenvalue weighted by atomic mass is 79.9. The lowest BCUT2D eigenvalue weighted by Crippen LogP contribution is -2.08. The summed E-state index contributed by atoms with van der Waals surface area (Å²) in [5, 5.41) is 9.08. The van der Waals surface area contributed by atoms with Gasteiger partial charge >= 0.3 is 11.9 Å². The molecule has 0 amide bonds. The number of benzene rings is 1. The average Bonchev–Trinajstić information content (AvgIpc) is 3.07. The largest absolute Gasteiger partial charge is 0.493 e. The molecule has 1 aromatic heterocycles. The molecular formula is C18H14BrNO6. The summed E-state index contributed by atoms with van der Waals surface area (Å²) in [7, 11) is 1.40. The van der Waals surface area contributed by atoms with Crippen molar-refractivity contribution < 1.29 is 28.2 Å². The van der Waals surface area contributed by atoms with Crippen LogP contribution in [0.1, 0.15) is 23.0 Å². The van der Waals surface area contributed by atoms with Crippen molar-refractivity contribution in [3.63, 3.8) is 0 Å². The van der Waals surface area contributed by atoms with E-state index in [0.29, 0.717) is 10.2 Å². The van der Waals surface area contributed by atoms with Crippen LogP contribution in [0.5, 0.6) is 11.5 Å². The second-order valence-electron chi connectivity index (χ2n) is 4.79. The number of carbonyl (C=O) groups excluding carboxylic acids is 2. The highest BCUT2D eigenvalue weighted by Gasteiger charge is 2.17. The first-order valence-corrected chi connectivity index (χ1v) is 8.22. The number of nitriles is 1. The van der Waals surface area contributed by atoms with Crippen molar-refractivity contribution in [2.24, 2.45) is 0 Å². The molecule has 0 N–H and O–H groups in total. The average molecular weight is 420 g/mol. The summed E-state index contributed by atoms with van der Waals surface area (Å²) in [6, 6.07) is 9.40. The lowest BCUT2D eigenvalue weighted by Gasteiger charge is -2.09. The molecule has 0 radical (unpaired) electrons. The van der Waals surface area contributed by atoms with Crippen LogP contribution >= 0.6 is 15.9 Å². The Morgan fingerprint density at radius 3 is 2.62 bits per heavy atom. The number of methoxy groups -OCH3 is 1. The lowest BCUT2D eigenvalue weighted by molar-refractivity contribution is -0.137. The van der Waals surface area contributed by atoms with Crippen molar-refractivity contribution in [3.05, 3.63) is 51.9 Å². The molecule has 0 saturated heterocycles. The topological polar surface area (TPSA) is 98.8 Å². The Morgan fingerprint density at radius 2 is 2.04 bits per heavy atom. The van der Waals surface area contributed by atoms with Gasteiger partial charge in [0, 0.05) is 0 Å². The molecule has 0 atom stereocenters. The minimum atomic E-state index is -0.715. The summed E-state index contributed by atoms with van der Waals surface area (Å²) in [5.41, 5.74) is 0.353. The second-order valence-corrected chi connectivity index (χ2v) is 5.58. The van der Waals surface area contributed by atoms with Gasteiger partial charge in [0.15, 0.2) is 16.2 Å². The third-order valence-electron chi connectivity index (χ3n) is 3.09. The third kappa shape index (κ3) is 4.74. The van der Waals surface area contributed by atoms with Crippen LogP contribution in [0.15, 0.2) is 45.0 Å². The maximum atomic E-state index is 12.1. The molecule has 8 heteroatoms. The summed E-state index contributed by atoms with van der Waals surface area (Å²) in [6.07, 6.45) is 1.36. The highest BCUT2D eigenvalue weighted by molar-refractivity contribution is 9.10. The van der Waals surface area contributed by atoms with Crippen LogP contribution in [0.2, 0.25) is 0 Å². The summed E-state index contributed by atoms with van der Waals surface area (Å²) in [4.78, 5) is 23.7. The first kappa shape index (κ1) is 19.3. The number of hydrogen-bond acceptors (Lipinski definition) is 7. The summed E-state index contributed by atoms with van der Waals surface area (Å²) >= 11 is 3.11. The molecule has 0 fully saturated rings. The third-order valence-corrected chi connectivity index (χ3v) is 3.52. The SMILES string of the molecule is CCOC(=O)/C(C#N)=C/c1ccc(OC(=O)c2ccc(Br)o2)c(OC)c1. The second kappa shape index (κ2) is 8.87. The summed E-state index contributed by atoms with van der Waals surface area (Å²) < 4.78 is 20.8. The molecule has 7 nitrogen and oxygen atoms in total. The molecule has 0 saturated carbocycles. The number of halogens is 1. The van der Waals surface area contributed by atoms with E-state index >= 15 is 0 Å². The van der Waals surface area contributed by atoms with Crippen molar-refractivity contribution >= 4 is 33.9 Å². The Hall–Kier alpha value is -3.05. The number of nitrogens with zero attached hydrogens (tertiary/aromatic N) is 1. The molecule has 2 aromatic rings. The predicted octanol–water partition coefficient (Wildman–Crippen LogP) is 3.74. The molecule has 0 spiro atoms. The first-order valence-electron chi connectivity index (χ1n) is 7.43. The summed E-state index contributed by atoms with van der Waals surface area (Å²) in [6.45, 7) is 1.82. The number of esters is 2. The zero-order chi connectivity index (χ0) is 19.1. The van der Waals surface area contributed by atoms with Gasteiger partial charge < -0.3 is 18.6 Å². The molecule has 134 valence electrons. The van der Waals surface area contributed by atoms with Crippen molar-refractivity contribution in [1.29, 1.82) is 5.26 Å². The Labute approximate surface area is 157 Å². The number of ether oxygens (including phenoxy) is 3. The molecule has 0 aliphatic rings. The van der Waals surface area contributed by atoms with E-state index < -0.39 is 11.9 Å². The van der Waals surface area contributed by atoms with Gasteiger partial charge in [-0.25, -0.2) is 9.59 Å². The van der Waals surface area contributed by atoms with Gasteiger partial charge in [0.2, 0.25) is 5.76 Å². The zero-order valence-electron chi connectivity index (χ0n) is 13.9. The van der Waals surface area contributed by atoms with Gasteiger partial charge in [-0.15, -0.1) is 0 Å². The number of rotatable bonds is 6. The Bertz CT molecular complexity index is 893. The molecule has 2 rings (SSSR count). The maximum Gasteiger partial charge on any atom is 0.379 e. The molecule has 0 aliphatic heterocycles. The van der Waals surface area contributed by atoms with Crippen LogP contribution < -0.4 is 9.47 Å². The molecule has 26 heavy (non-hydrogen) atoms. The maximum absolute atomic E-state index is 12.1. The fourth-order valence-corrected chi connectivity index (χ4v) is 2.25. The highest BCUT2D eigenvalue weighted by Crippen LogP contribution is 2.30. The van der Waals surface area contributed by atoms with Crippen LogP contribution in [0.25, 0.3) is 6.08 Å². The van der Waals surface area contributed by atoms with Crippen molar-refractivity contribution in [1.82, 2.24) is 0 Å². The molecule has 0 unspecified atom stereocenters. The smallest absolute Gasteiger partial charge is 0.379 e. The van der Waals surface area contributed by atoms with Gasteiger partial charge in [-0.3, -0.25) is 0 Å². The normalized spacial score (nSPS) is 10.8. The monoisotopic (exact) mass is 419 g/mol. The van der Waals surface area contributed by atoms with E-state index in [1.807, 2.05) is 0 Å². The lowest BCUT2D eigenvalue weighted by atomic mass is 10.1. The number of carbonyl (C=O) groups is 2. The minimum absolute atomic E-state index is 0.0250. The van der Waals surface area contributed by atoms with Gasteiger partial charge in [0.1, 0.15) is 11.6 Å². The van der Waals surface area contributed by atoms with E-state index in [1.54, 1.807) is 25.1 Å². The van der Waals surface area contributed by atoms with E-state index in [2.05, 4.69) is 15.9 Å². The van der Waals surface area contributed by atoms with E-state index in [0.717, 1.165) is 0 Å². The van der Waals surface area contributed by atoms with Crippen molar-refractivity contribution in [2.45, 2.75) is 6.92 Å². The number of hydrogen-bond donors (Lipinski definition) is 0. The summed E-state index contributed by atoms with van der Waals surface area (Å²) in [5.74, 6) is -0.970. The Kier molecular flexibility index (Phi) is 6.58. The number of furan rings is 1. The van der Waals surface area contributed by atoms with Gasteiger partial charge in [0.05, 0.1) is 13.7 Å². The Morgan fingerprint density at radius 1 is 1.27 bits per heavy atom. The van der Waals surface area contributed by atoms with Crippen molar-refractivity contribution in [3.8, 4) is 17.6 Å². The zero-order valence-corrected chi connectivity index (χ0v) is 15.5. The minimum Gasteiger partial charge on any atom is -0.493 e. The quantitative estimate of drug-likeness (QED) is 0.304. The van der Waals surface area contributed by atoms with Crippen LogP contribution in [0, 0.1) is 11.3 Å². The van der Waals surface area contributed by atoms with Gasteiger partial charge in [-0.2, -0.15) is 5.26 Å². The van der Waals surface area contributed by atoms with Gasteiger partial charge in [-0.1, -0.05) is 6.07 Å². The van der Waals surface area contributed by atoms with Crippen LogP contribution in [0.3, 0.4) is 0 Å². The van der Waals surface area contributed by atoms with E-state index in [-0.39, 0.29) is 29.4 Å². The van der Waals surface area contributed by atoms with Crippen LogP contribution in [-0.2, 0) is 9.53 Å². The predicted molar refractivity (Wildman–Crippen MR) is 94.6 cm³/mol. The molecule has 1 aromatic carbocycles. The van der Waals surface area contributed by atoms with Gasteiger partial charge in [0.25, 0.3) is 0 Å². The van der Waals surface area contributed by atoms with Crippen molar-refractivity contribution in [2.75, 3.05) is 13.7 Å². The first-order chi connectivity index (χ1) is 12.5. The van der Waals surface area contributed by atoms with E-state index in [9.17, 15) is 9.59 Å². The molecule has 0 bridgehead atoms. The van der Waals surface area contributed by atoms with Crippen LogP contribution in [0.4, 0.5) is 0 Å². The molecule has 0 aliphatic carbocycles. The van der Waals surface area contributed by atoms with E-state index in [1.165, 1.54) is 31.4 Å². The standard InChI is InChI=1S/C18H14BrNO6/c1-3-24-17(21)12(10-20)8-11-4-5-13(15(9-11)23-2)26-18(22)14-6-7-16(19)25-14/h4-9H,3H2,1-2H3/b12-8+. The van der Waals surface area contributed by atoms with E-state index in [4.69, 9.17) is 23.9 Å². The molecule has 1 heterocycles. The molecular weight excluding hydrogens is 406 g/mol. The fourth-order valence-electron chi connectivity index (χ4n) is 1.94. The fraction of sp³-hybridized carbons (Fsp3) is 0.167.